The molecule has 2 aliphatic heterocycles. The second-order valence-corrected chi connectivity index (χ2v) is 4.15. The maximum atomic E-state index is 11.8. The number of amidine groups is 1. The van der Waals surface area contributed by atoms with Crippen LogP contribution in [0.3, 0.4) is 0 Å². The molecule has 0 bridgehead atoms. The zero-order valence-electron chi connectivity index (χ0n) is 8.62. The van der Waals surface area contributed by atoms with Crippen molar-refractivity contribution in [2.45, 2.75) is 12.8 Å². The van der Waals surface area contributed by atoms with E-state index in [9.17, 15) is 4.79 Å². The second-order valence-electron chi connectivity index (χ2n) is 4.15. The Bertz CT molecular complexity index is 262. The molecule has 0 aliphatic carbocycles. The number of nitrogens with one attached hydrogen (secondary N) is 1. The third kappa shape index (κ3) is 2.12. The Balaban J connectivity index is 1.83. The molecule has 0 radical (unpaired) electrons. The molecule has 1 atom stereocenters. The Morgan fingerprint density at radius 2 is 2.57 bits per heavy atom. The highest BCUT2D eigenvalue weighted by Crippen LogP contribution is 2.16. The van der Waals surface area contributed by atoms with Crippen LogP contribution in [0.25, 0.3) is 0 Å². The lowest BCUT2D eigenvalue weighted by Crippen LogP contribution is -2.26. The summed E-state index contributed by atoms with van der Waals surface area (Å²) in [5.74, 6) is 1.48. The minimum Gasteiger partial charge on any atom is -0.372 e. The van der Waals surface area contributed by atoms with Gasteiger partial charge in [0.1, 0.15) is 11.6 Å². The van der Waals surface area contributed by atoms with Crippen molar-refractivity contribution in [2.24, 2.45) is 10.9 Å². The number of nitrogens with zero attached hydrogens (tertiary/aromatic N) is 2. The van der Waals surface area contributed by atoms with Gasteiger partial charge in [-0.05, 0) is 20.0 Å². The fraction of sp³-hybridized carbons (Fsp3) is 0.800. The summed E-state index contributed by atoms with van der Waals surface area (Å²) in [5, 5.41) is 3.14. The standard InChI is InChI=1S/C10H17N3O/c1-13-5-2-8(7-13)9(14)6-10-11-3-4-12-10/h8H,2-7H2,1H3,(H,11,12). The van der Waals surface area contributed by atoms with E-state index in [1.807, 2.05) is 0 Å². The van der Waals surface area contributed by atoms with Crippen molar-refractivity contribution >= 4 is 11.6 Å². The summed E-state index contributed by atoms with van der Waals surface area (Å²) in [4.78, 5) is 18.3. The Kier molecular flexibility index (Phi) is 2.82. The number of ketones is 1. The molecule has 0 spiro atoms. The van der Waals surface area contributed by atoms with E-state index in [0.29, 0.717) is 12.2 Å². The number of rotatable bonds is 3. The minimum absolute atomic E-state index is 0.241. The summed E-state index contributed by atoms with van der Waals surface area (Å²) in [6, 6.07) is 0. The average Bonchev–Trinajstić information content (AvgIpc) is 2.75. The van der Waals surface area contributed by atoms with Gasteiger partial charge in [0, 0.05) is 19.0 Å². The SMILES string of the molecule is CN1CCC(C(=O)CC2=NCCN2)C1. The van der Waals surface area contributed by atoms with Crippen molar-refractivity contribution in [3.63, 3.8) is 0 Å². The molecule has 4 nitrogen and oxygen atoms in total. The normalized spacial score (nSPS) is 27.5. The summed E-state index contributed by atoms with van der Waals surface area (Å²) in [5.41, 5.74) is 0. The molecule has 0 aromatic carbocycles. The van der Waals surface area contributed by atoms with Crippen LogP contribution in [0.4, 0.5) is 0 Å². The lowest BCUT2D eigenvalue weighted by atomic mass is 10.0. The number of carbonyl (C=O) groups excluding carboxylic acids is 1. The molecule has 1 fully saturated rings. The van der Waals surface area contributed by atoms with Crippen LogP contribution < -0.4 is 5.32 Å². The van der Waals surface area contributed by atoms with Crippen LogP contribution in [0.2, 0.25) is 0 Å². The highest BCUT2D eigenvalue weighted by Gasteiger charge is 2.26. The van der Waals surface area contributed by atoms with Crippen LogP contribution >= 0.6 is 0 Å². The van der Waals surface area contributed by atoms with Crippen LogP contribution in [-0.2, 0) is 4.79 Å². The van der Waals surface area contributed by atoms with Crippen molar-refractivity contribution in [1.29, 1.82) is 0 Å². The van der Waals surface area contributed by atoms with E-state index in [4.69, 9.17) is 0 Å². The molecule has 1 N–H and O–H groups in total. The van der Waals surface area contributed by atoms with Gasteiger partial charge in [0.05, 0.1) is 13.0 Å². The topological polar surface area (TPSA) is 44.7 Å². The van der Waals surface area contributed by atoms with Gasteiger partial charge in [-0.15, -0.1) is 0 Å². The van der Waals surface area contributed by atoms with E-state index in [2.05, 4.69) is 22.3 Å². The molecular formula is C10H17N3O. The average molecular weight is 195 g/mol. The number of carbonyl (C=O) groups is 1. The Hall–Kier alpha value is -0.900. The monoisotopic (exact) mass is 195 g/mol. The highest BCUT2D eigenvalue weighted by molar-refractivity contribution is 6.02. The fourth-order valence-electron chi connectivity index (χ4n) is 2.07. The molecule has 0 amide bonds. The van der Waals surface area contributed by atoms with E-state index < -0.39 is 0 Å². The van der Waals surface area contributed by atoms with Gasteiger partial charge in [-0.3, -0.25) is 9.79 Å². The van der Waals surface area contributed by atoms with Crippen LogP contribution in [-0.4, -0.2) is 49.7 Å². The van der Waals surface area contributed by atoms with Gasteiger partial charge in [0.15, 0.2) is 0 Å². The fourth-order valence-corrected chi connectivity index (χ4v) is 2.07. The summed E-state index contributed by atoms with van der Waals surface area (Å²) >= 11 is 0. The van der Waals surface area contributed by atoms with Crippen molar-refractivity contribution in [3.8, 4) is 0 Å². The van der Waals surface area contributed by atoms with E-state index in [0.717, 1.165) is 38.4 Å². The number of Topliss-reactive ketones (excluding diaryl/α,β-unsaturated/α-hetero) is 1. The largest absolute Gasteiger partial charge is 0.372 e. The Morgan fingerprint density at radius 1 is 1.71 bits per heavy atom. The Morgan fingerprint density at radius 3 is 3.14 bits per heavy atom. The van der Waals surface area contributed by atoms with Crippen LogP contribution in [0.1, 0.15) is 12.8 Å². The zero-order valence-corrected chi connectivity index (χ0v) is 8.62. The van der Waals surface area contributed by atoms with Gasteiger partial charge in [-0.1, -0.05) is 0 Å². The first-order valence-electron chi connectivity index (χ1n) is 5.24. The summed E-state index contributed by atoms with van der Waals surface area (Å²) in [6.07, 6.45) is 1.53. The summed E-state index contributed by atoms with van der Waals surface area (Å²) in [6.45, 7) is 3.70. The first kappa shape index (κ1) is 9.65. The predicted octanol–water partition coefficient (Wildman–Crippen LogP) is -0.101. The lowest BCUT2D eigenvalue weighted by Gasteiger charge is -2.09. The number of likely N-dealkylation sites (tertiary alicyclic amines) is 1. The molecular weight excluding hydrogens is 178 g/mol. The van der Waals surface area contributed by atoms with Crippen LogP contribution in [0.5, 0.6) is 0 Å². The number of hydrogen-bond donors (Lipinski definition) is 1. The van der Waals surface area contributed by atoms with Gasteiger partial charge in [0.25, 0.3) is 0 Å². The van der Waals surface area contributed by atoms with Crippen LogP contribution in [0, 0.1) is 5.92 Å². The molecule has 1 saturated heterocycles. The minimum atomic E-state index is 0.241. The maximum Gasteiger partial charge on any atom is 0.144 e. The Labute approximate surface area is 84.4 Å². The molecule has 78 valence electrons. The van der Waals surface area contributed by atoms with Crippen molar-refractivity contribution in [3.05, 3.63) is 0 Å². The third-order valence-corrected chi connectivity index (χ3v) is 2.93. The highest BCUT2D eigenvalue weighted by atomic mass is 16.1. The van der Waals surface area contributed by atoms with Gasteiger partial charge >= 0.3 is 0 Å². The smallest absolute Gasteiger partial charge is 0.144 e. The number of aliphatic imine (C=N–C) groups is 1. The molecule has 2 rings (SSSR count). The first-order chi connectivity index (χ1) is 6.75. The molecule has 1 unspecified atom stereocenters. The van der Waals surface area contributed by atoms with Gasteiger partial charge in [-0.25, -0.2) is 0 Å². The van der Waals surface area contributed by atoms with Gasteiger partial charge in [0.2, 0.25) is 0 Å². The van der Waals surface area contributed by atoms with E-state index in [1.165, 1.54) is 0 Å². The first-order valence-corrected chi connectivity index (χ1v) is 5.24. The molecule has 0 aromatic rings. The molecule has 2 heterocycles. The quantitative estimate of drug-likeness (QED) is 0.684. The van der Waals surface area contributed by atoms with Crippen molar-refractivity contribution < 1.29 is 4.79 Å². The number of hydrogen-bond acceptors (Lipinski definition) is 4. The van der Waals surface area contributed by atoms with Gasteiger partial charge in [-0.2, -0.15) is 0 Å². The molecule has 2 aliphatic rings. The third-order valence-electron chi connectivity index (χ3n) is 2.93. The molecule has 14 heavy (non-hydrogen) atoms. The van der Waals surface area contributed by atoms with E-state index in [1.54, 1.807) is 0 Å². The maximum absolute atomic E-state index is 11.8. The van der Waals surface area contributed by atoms with Crippen molar-refractivity contribution in [1.82, 2.24) is 10.2 Å². The summed E-state index contributed by atoms with van der Waals surface area (Å²) < 4.78 is 0. The molecule has 0 saturated carbocycles. The van der Waals surface area contributed by atoms with E-state index >= 15 is 0 Å². The van der Waals surface area contributed by atoms with E-state index in [-0.39, 0.29) is 5.92 Å². The zero-order chi connectivity index (χ0) is 9.97. The second kappa shape index (κ2) is 4.09. The predicted molar refractivity (Wildman–Crippen MR) is 55.5 cm³/mol. The summed E-state index contributed by atoms with van der Waals surface area (Å²) in [7, 11) is 2.07. The molecule has 4 heteroatoms. The van der Waals surface area contributed by atoms with Crippen LogP contribution in [0.15, 0.2) is 4.99 Å². The van der Waals surface area contributed by atoms with Crippen molar-refractivity contribution in [2.75, 3.05) is 33.2 Å². The molecule has 0 aromatic heterocycles. The van der Waals surface area contributed by atoms with Gasteiger partial charge < -0.3 is 10.2 Å². The lowest BCUT2D eigenvalue weighted by molar-refractivity contribution is -0.121.